The molecule has 11 heavy (non-hydrogen) atoms. The second-order valence-corrected chi connectivity index (χ2v) is 5.00. The molecule has 60 valence electrons. The number of aromatic hydroxyl groups is 1. The van der Waals surface area contributed by atoms with E-state index < -0.39 is 0 Å². The lowest BCUT2D eigenvalue weighted by molar-refractivity contribution is 0.475. The zero-order valence-corrected chi connectivity index (χ0v) is 8.22. The minimum absolute atomic E-state index is 0.0132. The van der Waals surface area contributed by atoms with E-state index in [2.05, 4.69) is 29.8 Å². The van der Waals surface area contributed by atoms with E-state index in [4.69, 9.17) is 5.11 Å². The maximum atomic E-state index is 9.01. The molecule has 0 amide bonds. The van der Waals surface area contributed by atoms with Gasteiger partial charge in [-0.25, -0.2) is 0 Å². The van der Waals surface area contributed by atoms with Crippen LogP contribution in [0.15, 0.2) is 24.3 Å². The van der Waals surface area contributed by atoms with Crippen molar-refractivity contribution in [1.29, 1.82) is 0 Å². The lowest BCUT2D eigenvalue weighted by atomic mass is 10.0. The summed E-state index contributed by atoms with van der Waals surface area (Å²) in [5.41, 5.74) is 1.16. The van der Waals surface area contributed by atoms with Gasteiger partial charge in [0.15, 0.2) is 0 Å². The normalized spacial score (nSPS) is 11.5. The number of phenolic OH excluding ortho intramolecular Hbond substituents is 1. The SMILES string of the molecule is CC(C)(Br)c1ccc(O)cc1. The Hall–Kier alpha value is -0.500. The number of phenols is 1. The number of benzene rings is 1. The Balaban J connectivity index is 2.99. The molecule has 0 unspecified atom stereocenters. The summed E-state index contributed by atoms with van der Waals surface area (Å²) in [5, 5.41) is 9.01. The first-order valence-electron chi connectivity index (χ1n) is 3.48. The zero-order chi connectivity index (χ0) is 8.48. The van der Waals surface area contributed by atoms with Crippen molar-refractivity contribution in [2.45, 2.75) is 18.2 Å². The number of hydrogen-bond donors (Lipinski definition) is 1. The van der Waals surface area contributed by atoms with Crippen LogP contribution in [0.2, 0.25) is 0 Å². The first kappa shape index (κ1) is 8.60. The molecule has 0 heterocycles. The Morgan fingerprint density at radius 3 is 2.00 bits per heavy atom. The van der Waals surface area contributed by atoms with Crippen molar-refractivity contribution >= 4 is 15.9 Å². The molecule has 1 N–H and O–H groups in total. The Morgan fingerprint density at radius 1 is 1.18 bits per heavy atom. The maximum absolute atomic E-state index is 9.01. The molecule has 0 aromatic heterocycles. The fourth-order valence-electron chi connectivity index (χ4n) is 0.858. The van der Waals surface area contributed by atoms with Crippen LogP contribution in [0.25, 0.3) is 0 Å². The summed E-state index contributed by atoms with van der Waals surface area (Å²) in [6, 6.07) is 7.20. The Labute approximate surface area is 75.2 Å². The summed E-state index contributed by atoms with van der Waals surface area (Å²) in [6.07, 6.45) is 0. The molecular formula is C9H11BrO. The van der Waals surface area contributed by atoms with Crippen molar-refractivity contribution in [2.75, 3.05) is 0 Å². The monoisotopic (exact) mass is 214 g/mol. The van der Waals surface area contributed by atoms with Gasteiger partial charge in [-0.05, 0) is 31.5 Å². The van der Waals surface area contributed by atoms with Crippen molar-refractivity contribution in [1.82, 2.24) is 0 Å². The third-order valence-corrected chi connectivity index (χ3v) is 2.01. The van der Waals surface area contributed by atoms with Crippen LogP contribution < -0.4 is 0 Å². The van der Waals surface area contributed by atoms with E-state index in [1.165, 1.54) is 0 Å². The van der Waals surface area contributed by atoms with E-state index in [0.717, 1.165) is 5.56 Å². The minimum Gasteiger partial charge on any atom is -0.508 e. The molecule has 0 spiro atoms. The highest BCUT2D eigenvalue weighted by Gasteiger charge is 2.14. The second-order valence-electron chi connectivity index (χ2n) is 3.02. The van der Waals surface area contributed by atoms with Gasteiger partial charge in [-0.3, -0.25) is 0 Å². The highest BCUT2D eigenvalue weighted by molar-refractivity contribution is 9.09. The first-order valence-corrected chi connectivity index (χ1v) is 4.28. The third kappa shape index (κ3) is 2.22. The molecule has 0 atom stereocenters. The molecule has 1 aromatic rings. The second kappa shape index (κ2) is 2.86. The molecule has 0 aliphatic rings. The third-order valence-electron chi connectivity index (χ3n) is 1.55. The Kier molecular flexibility index (Phi) is 2.23. The summed E-state index contributed by atoms with van der Waals surface area (Å²) in [4.78, 5) is 0. The minimum atomic E-state index is -0.0132. The number of halogens is 1. The lowest BCUT2D eigenvalue weighted by Crippen LogP contribution is -2.05. The van der Waals surface area contributed by atoms with Gasteiger partial charge < -0.3 is 5.11 Å². The van der Waals surface area contributed by atoms with Crippen LogP contribution in [-0.2, 0) is 4.32 Å². The summed E-state index contributed by atoms with van der Waals surface area (Å²) >= 11 is 3.53. The van der Waals surface area contributed by atoms with Crippen LogP contribution in [-0.4, -0.2) is 5.11 Å². The number of alkyl halides is 1. The van der Waals surface area contributed by atoms with Crippen molar-refractivity contribution in [2.24, 2.45) is 0 Å². The lowest BCUT2D eigenvalue weighted by Gasteiger charge is -2.16. The predicted octanol–water partition coefficient (Wildman–Crippen LogP) is 3.02. The Morgan fingerprint density at radius 2 is 1.64 bits per heavy atom. The van der Waals surface area contributed by atoms with Gasteiger partial charge in [0.25, 0.3) is 0 Å². The molecule has 0 saturated carbocycles. The van der Waals surface area contributed by atoms with Gasteiger partial charge in [0.05, 0.1) is 0 Å². The topological polar surface area (TPSA) is 20.2 Å². The molecule has 1 rings (SSSR count). The highest BCUT2D eigenvalue weighted by atomic mass is 79.9. The fraction of sp³-hybridized carbons (Fsp3) is 0.333. The molecule has 0 saturated heterocycles. The van der Waals surface area contributed by atoms with Crippen LogP contribution in [0.1, 0.15) is 19.4 Å². The molecule has 0 aliphatic carbocycles. The zero-order valence-electron chi connectivity index (χ0n) is 6.63. The van der Waals surface area contributed by atoms with E-state index in [0.29, 0.717) is 5.75 Å². The van der Waals surface area contributed by atoms with Gasteiger partial charge in [-0.1, -0.05) is 28.1 Å². The van der Waals surface area contributed by atoms with Gasteiger partial charge in [0.1, 0.15) is 5.75 Å². The van der Waals surface area contributed by atoms with Gasteiger partial charge in [-0.15, -0.1) is 0 Å². The van der Waals surface area contributed by atoms with Crippen molar-refractivity contribution < 1.29 is 5.11 Å². The van der Waals surface area contributed by atoms with E-state index in [9.17, 15) is 0 Å². The number of rotatable bonds is 1. The smallest absolute Gasteiger partial charge is 0.115 e. The highest BCUT2D eigenvalue weighted by Crippen LogP contribution is 2.30. The largest absolute Gasteiger partial charge is 0.508 e. The van der Waals surface area contributed by atoms with E-state index in [-0.39, 0.29) is 4.32 Å². The molecular weight excluding hydrogens is 204 g/mol. The fourth-order valence-corrected chi connectivity index (χ4v) is 1.12. The average molecular weight is 215 g/mol. The quantitative estimate of drug-likeness (QED) is 0.714. The van der Waals surface area contributed by atoms with Crippen LogP contribution in [0.3, 0.4) is 0 Å². The summed E-state index contributed by atoms with van der Waals surface area (Å²) in [6.45, 7) is 4.14. The van der Waals surface area contributed by atoms with E-state index in [1.807, 2.05) is 12.1 Å². The summed E-state index contributed by atoms with van der Waals surface area (Å²) in [7, 11) is 0. The van der Waals surface area contributed by atoms with Gasteiger partial charge >= 0.3 is 0 Å². The van der Waals surface area contributed by atoms with Crippen molar-refractivity contribution in [3.63, 3.8) is 0 Å². The summed E-state index contributed by atoms with van der Waals surface area (Å²) < 4.78 is -0.0132. The average Bonchev–Trinajstić information content (AvgIpc) is 1.86. The number of hydrogen-bond acceptors (Lipinski definition) is 1. The standard InChI is InChI=1S/C9H11BrO/c1-9(2,10)7-3-5-8(11)6-4-7/h3-6,11H,1-2H3. The molecule has 0 fully saturated rings. The van der Waals surface area contributed by atoms with Gasteiger partial charge in [0, 0.05) is 4.32 Å². The molecule has 0 aliphatic heterocycles. The van der Waals surface area contributed by atoms with E-state index >= 15 is 0 Å². The van der Waals surface area contributed by atoms with Crippen LogP contribution >= 0.6 is 15.9 Å². The van der Waals surface area contributed by atoms with E-state index in [1.54, 1.807) is 12.1 Å². The summed E-state index contributed by atoms with van der Waals surface area (Å²) in [5.74, 6) is 0.311. The predicted molar refractivity (Wildman–Crippen MR) is 50.1 cm³/mol. The molecule has 2 heteroatoms. The first-order chi connectivity index (χ1) is 5.00. The van der Waals surface area contributed by atoms with Crippen LogP contribution in [0, 0.1) is 0 Å². The molecule has 1 aromatic carbocycles. The van der Waals surface area contributed by atoms with Gasteiger partial charge in [-0.2, -0.15) is 0 Å². The van der Waals surface area contributed by atoms with Crippen molar-refractivity contribution in [3.8, 4) is 5.75 Å². The maximum Gasteiger partial charge on any atom is 0.115 e. The van der Waals surface area contributed by atoms with Crippen molar-refractivity contribution in [3.05, 3.63) is 29.8 Å². The van der Waals surface area contributed by atoms with Gasteiger partial charge in [0.2, 0.25) is 0 Å². The molecule has 0 radical (unpaired) electrons. The van der Waals surface area contributed by atoms with Crippen LogP contribution in [0.4, 0.5) is 0 Å². The van der Waals surface area contributed by atoms with Crippen LogP contribution in [0.5, 0.6) is 5.75 Å². The molecule has 1 nitrogen and oxygen atoms in total. The Bertz CT molecular complexity index is 233. The molecule has 0 bridgehead atoms.